The van der Waals surface area contributed by atoms with Gasteiger partial charge in [0.1, 0.15) is 5.75 Å². The Bertz CT molecular complexity index is 681. The Morgan fingerprint density at radius 1 is 1.35 bits per heavy atom. The second-order valence-electron chi connectivity index (χ2n) is 5.41. The fraction of sp³-hybridized carbons (Fsp3) is 0.333. The number of carbonyl (C=O) groups excluding carboxylic acids is 1. The topological polar surface area (TPSA) is 67.0 Å². The lowest BCUT2D eigenvalue weighted by molar-refractivity contribution is -0.274. The van der Waals surface area contributed by atoms with Crippen molar-refractivity contribution in [2.45, 2.75) is 26.6 Å². The van der Waals surface area contributed by atoms with Crippen LogP contribution in [0.2, 0.25) is 0 Å². The van der Waals surface area contributed by atoms with Gasteiger partial charge in [-0.3, -0.25) is 9.89 Å². The Morgan fingerprint density at radius 2 is 2.09 bits per heavy atom. The fourth-order valence-corrected chi connectivity index (χ4v) is 1.99. The zero-order valence-electron chi connectivity index (χ0n) is 12.6. The van der Waals surface area contributed by atoms with E-state index in [-0.39, 0.29) is 11.4 Å². The summed E-state index contributed by atoms with van der Waals surface area (Å²) in [6.07, 6.45) is -4.04. The standard InChI is InChI=1S/C15H16F3N3O2/c1-9(2)6-11-8-13(21-20-11)14(22)19-10-4-3-5-12(7-10)23-15(16,17)18/h3-5,7-9H,6H2,1-2H3,(H,19,22)(H,20,21). The molecule has 0 saturated heterocycles. The third kappa shape index (κ3) is 5.32. The van der Waals surface area contributed by atoms with Crippen LogP contribution < -0.4 is 10.1 Å². The summed E-state index contributed by atoms with van der Waals surface area (Å²) in [5.74, 6) is -0.513. The summed E-state index contributed by atoms with van der Waals surface area (Å²) in [4.78, 5) is 12.1. The van der Waals surface area contributed by atoms with E-state index in [0.717, 1.165) is 24.2 Å². The maximum absolute atomic E-state index is 12.2. The summed E-state index contributed by atoms with van der Waals surface area (Å²) in [5.41, 5.74) is 1.17. The molecule has 23 heavy (non-hydrogen) atoms. The molecule has 0 saturated carbocycles. The van der Waals surface area contributed by atoms with E-state index in [4.69, 9.17) is 0 Å². The van der Waals surface area contributed by atoms with E-state index in [2.05, 4.69) is 20.3 Å². The van der Waals surface area contributed by atoms with Crippen LogP contribution in [0.3, 0.4) is 0 Å². The highest BCUT2D eigenvalue weighted by Crippen LogP contribution is 2.25. The van der Waals surface area contributed by atoms with Crippen LogP contribution in [0.4, 0.5) is 18.9 Å². The van der Waals surface area contributed by atoms with Gasteiger partial charge in [-0.15, -0.1) is 13.2 Å². The van der Waals surface area contributed by atoms with E-state index < -0.39 is 18.0 Å². The molecule has 0 aliphatic carbocycles. The number of aromatic nitrogens is 2. The van der Waals surface area contributed by atoms with Crippen molar-refractivity contribution in [3.63, 3.8) is 0 Å². The number of hydrogen-bond acceptors (Lipinski definition) is 3. The summed E-state index contributed by atoms with van der Waals surface area (Å²) in [7, 11) is 0. The number of aromatic amines is 1. The number of ether oxygens (including phenoxy) is 1. The molecular weight excluding hydrogens is 311 g/mol. The second kappa shape index (κ2) is 6.72. The molecule has 0 atom stereocenters. The van der Waals surface area contributed by atoms with E-state index >= 15 is 0 Å². The number of benzene rings is 1. The van der Waals surface area contributed by atoms with Crippen LogP contribution in [0.25, 0.3) is 0 Å². The van der Waals surface area contributed by atoms with E-state index in [0.29, 0.717) is 5.92 Å². The third-order valence-corrected chi connectivity index (χ3v) is 2.82. The number of alkyl halides is 3. The predicted octanol–water partition coefficient (Wildman–Crippen LogP) is 3.76. The first-order chi connectivity index (χ1) is 10.7. The number of hydrogen-bond donors (Lipinski definition) is 2. The molecule has 1 amide bonds. The molecule has 2 rings (SSSR count). The number of nitrogens with zero attached hydrogens (tertiary/aromatic N) is 1. The average Bonchev–Trinajstić information content (AvgIpc) is 2.84. The quantitative estimate of drug-likeness (QED) is 0.879. The van der Waals surface area contributed by atoms with Crippen molar-refractivity contribution in [3.05, 3.63) is 41.7 Å². The molecule has 1 aromatic heterocycles. The SMILES string of the molecule is CC(C)Cc1cc(C(=O)Nc2cccc(OC(F)(F)F)c2)n[nH]1. The maximum Gasteiger partial charge on any atom is 0.573 e. The molecule has 0 bridgehead atoms. The van der Waals surface area contributed by atoms with Gasteiger partial charge in [-0.1, -0.05) is 19.9 Å². The van der Waals surface area contributed by atoms with Gasteiger partial charge in [-0.05, 0) is 30.5 Å². The molecule has 1 heterocycles. The van der Waals surface area contributed by atoms with E-state index in [9.17, 15) is 18.0 Å². The zero-order chi connectivity index (χ0) is 17.0. The van der Waals surface area contributed by atoms with Crippen molar-refractivity contribution in [1.82, 2.24) is 10.2 Å². The molecule has 0 aliphatic rings. The van der Waals surface area contributed by atoms with Gasteiger partial charge in [-0.2, -0.15) is 5.10 Å². The Labute approximate surface area is 130 Å². The Kier molecular flexibility index (Phi) is 4.92. The average molecular weight is 327 g/mol. The summed E-state index contributed by atoms with van der Waals surface area (Å²) < 4.78 is 40.4. The van der Waals surface area contributed by atoms with E-state index in [1.165, 1.54) is 12.1 Å². The number of nitrogens with one attached hydrogen (secondary N) is 2. The molecule has 0 aliphatic heterocycles. The monoisotopic (exact) mass is 327 g/mol. The highest BCUT2D eigenvalue weighted by molar-refractivity contribution is 6.02. The number of rotatable bonds is 5. The number of halogens is 3. The first-order valence-electron chi connectivity index (χ1n) is 6.94. The summed E-state index contributed by atoms with van der Waals surface area (Å²) >= 11 is 0. The fourth-order valence-electron chi connectivity index (χ4n) is 1.99. The number of carbonyl (C=O) groups is 1. The largest absolute Gasteiger partial charge is 0.573 e. The third-order valence-electron chi connectivity index (χ3n) is 2.82. The van der Waals surface area contributed by atoms with Crippen LogP contribution in [0.1, 0.15) is 30.0 Å². The van der Waals surface area contributed by atoms with Crippen LogP contribution in [-0.4, -0.2) is 22.5 Å². The molecule has 0 fully saturated rings. The molecule has 2 N–H and O–H groups in total. The number of H-pyrrole nitrogens is 1. The first kappa shape index (κ1) is 16.9. The van der Waals surface area contributed by atoms with Gasteiger partial charge in [0, 0.05) is 17.4 Å². The normalized spacial score (nSPS) is 11.6. The highest BCUT2D eigenvalue weighted by atomic mass is 19.4. The minimum absolute atomic E-state index is 0.169. The van der Waals surface area contributed by atoms with Gasteiger partial charge < -0.3 is 10.1 Å². The lowest BCUT2D eigenvalue weighted by atomic mass is 10.1. The molecule has 0 radical (unpaired) electrons. The Morgan fingerprint density at radius 3 is 2.74 bits per heavy atom. The van der Waals surface area contributed by atoms with Crippen molar-refractivity contribution in [1.29, 1.82) is 0 Å². The van der Waals surface area contributed by atoms with Crippen LogP contribution >= 0.6 is 0 Å². The molecule has 1 aromatic carbocycles. The van der Waals surface area contributed by atoms with Gasteiger partial charge in [0.15, 0.2) is 5.69 Å². The Balaban J connectivity index is 2.05. The summed E-state index contributed by atoms with van der Waals surface area (Å²) in [6.45, 7) is 4.07. The van der Waals surface area contributed by atoms with Crippen molar-refractivity contribution in [2.24, 2.45) is 5.92 Å². The van der Waals surface area contributed by atoms with Crippen LogP contribution in [0, 0.1) is 5.92 Å². The minimum atomic E-state index is -4.78. The molecule has 8 heteroatoms. The molecular formula is C15H16F3N3O2. The number of anilines is 1. The van der Waals surface area contributed by atoms with Gasteiger partial charge >= 0.3 is 6.36 Å². The molecule has 2 aromatic rings. The smallest absolute Gasteiger partial charge is 0.406 e. The van der Waals surface area contributed by atoms with Crippen LogP contribution in [0.15, 0.2) is 30.3 Å². The molecule has 5 nitrogen and oxygen atoms in total. The number of amides is 1. The van der Waals surface area contributed by atoms with Gasteiger partial charge in [0.2, 0.25) is 0 Å². The Hall–Kier alpha value is -2.51. The summed E-state index contributed by atoms with van der Waals surface area (Å²) in [5, 5.41) is 9.14. The second-order valence-corrected chi connectivity index (χ2v) is 5.41. The maximum atomic E-state index is 12.2. The lowest BCUT2D eigenvalue weighted by Crippen LogP contribution is -2.17. The van der Waals surface area contributed by atoms with Crippen LogP contribution in [0.5, 0.6) is 5.75 Å². The van der Waals surface area contributed by atoms with Gasteiger partial charge in [0.25, 0.3) is 5.91 Å². The predicted molar refractivity (Wildman–Crippen MR) is 78.2 cm³/mol. The highest BCUT2D eigenvalue weighted by Gasteiger charge is 2.31. The molecule has 0 spiro atoms. The van der Waals surface area contributed by atoms with Crippen molar-refractivity contribution in [3.8, 4) is 5.75 Å². The first-order valence-corrected chi connectivity index (χ1v) is 6.94. The lowest BCUT2D eigenvalue weighted by Gasteiger charge is -2.10. The van der Waals surface area contributed by atoms with Crippen molar-refractivity contribution < 1.29 is 22.7 Å². The van der Waals surface area contributed by atoms with Gasteiger partial charge in [-0.25, -0.2) is 0 Å². The van der Waals surface area contributed by atoms with E-state index in [1.807, 2.05) is 13.8 Å². The molecule has 0 unspecified atom stereocenters. The van der Waals surface area contributed by atoms with Crippen LogP contribution in [-0.2, 0) is 6.42 Å². The van der Waals surface area contributed by atoms with E-state index in [1.54, 1.807) is 6.07 Å². The van der Waals surface area contributed by atoms with Crippen molar-refractivity contribution in [2.75, 3.05) is 5.32 Å². The molecule has 124 valence electrons. The minimum Gasteiger partial charge on any atom is -0.406 e. The summed E-state index contributed by atoms with van der Waals surface area (Å²) in [6, 6.07) is 6.67. The van der Waals surface area contributed by atoms with Gasteiger partial charge in [0.05, 0.1) is 0 Å². The zero-order valence-corrected chi connectivity index (χ0v) is 12.6. The van der Waals surface area contributed by atoms with Crippen molar-refractivity contribution >= 4 is 11.6 Å².